The lowest BCUT2D eigenvalue weighted by atomic mass is 10.1. The molecule has 16 heavy (non-hydrogen) atoms. The molecule has 0 aliphatic carbocycles. The SMILES string of the molecule is CC(=[N+]=[N-])C(=O)OCCCc1ccccc1. The van der Waals surface area contributed by atoms with Gasteiger partial charge >= 0.3 is 11.7 Å². The van der Waals surface area contributed by atoms with Gasteiger partial charge in [0, 0.05) is 6.92 Å². The van der Waals surface area contributed by atoms with E-state index in [2.05, 4.69) is 4.79 Å². The fraction of sp³-hybridized carbons (Fsp3) is 0.333. The summed E-state index contributed by atoms with van der Waals surface area (Å²) in [5, 5.41) is 0. The van der Waals surface area contributed by atoms with E-state index >= 15 is 0 Å². The quantitative estimate of drug-likeness (QED) is 0.249. The van der Waals surface area contributed by atoms with Crippen molar-refractivity contribution >= 4 is 11.7 Å². The van der Waals surface area contributed by atoms with Crippen LogP contribution in [0.5, 0.6) is 0 Å². The molecule has 0 aliphatic heterocycles. The Kier molecular flexibility index (Phi) is 4.96. The zero-order chi connectivity index (χ0) is 11.8. The Bertz CT molecular complexity index is 395. The number of rotatable bonds is 5. The Morgan fingerprint density at radius 3 is 2.69 bits per heavy atom. The maximum Gasteiger partial charge on any atom is 0.416 e. The monoisotopic (exact) mass is 218 g/mol. The van der Waals surface area contributed by atoms with Gasteiger partial charge in [-0.1, -0.05) is 30.3 Å². The predicted molar refractivity (Wildman–Crippen MR) is 60.0 cm³/mol. The topological polar surface area (TPSA) is 62.7 Å². The normalized spacial score (nSPS) is 9.31. The number of hydrogen-bond acceptors (Lipinski definition) is 2. The third-order valence-electron chi connectivity index (χ3n) is 2.13. The average Bonchev–Trinajstić information content (AvgIpc) is 2.34. The maximum absolute atomic E-state index is 11.1. The number of carbonyl (C=O) groups is 1. The number of ether oxygens (including phenoxy) is 1. The smallest absolute Gasteiger partial charge is 0.416 e. The summed E-state index contributed by atoms with van der Waals surface area (Å²) in [7, 11) is 0. The second-order valence-electron chi connectivity index (χ2n) is 3.41. The second kappa shape index (κ2) is 6.53. The van der Waals surface area contributed by atoms with E-state index in [-0.39, 0.29) is 5.71 Å². The van der Waals surface area contributed by atoms with Crippen molar-refractivity contribution in [2.45, 2.75) is 19.8 Å². The Labute approximate surface area is 94.5 Å². The summed E-state index contributed by atoms with van der Waals surface area (Å²) in [5.74, 6) is -0.574. The molecule has 0 saturated carbocycles. The molecule has 0 aliphatic rings. The minimum Gasteiger partial charge on any atom is -0.457 e. The van der Waals surface area contributed by atoms with Crippen LogP contribution in [0.3, 0.4) is 0 Å². The van der Waals surface area contributed by atoms with Crippen LogP contribution in [-0.4, -0.2) is 23.1 Å². The minimum atomic E-state index is -0.574. The molecule has 1 aromatic rings. The van der Waals surface area contributed by atoms with Crippen molar-refractivity contribution in [2.24, 2.45) is 0 Å². The lowest BCUT2D eigenvalue weighted by Crippen LogP contribution is -2.16. The van der Waals surface area contributed by atoms with Crippen LogP contribution in [0.4, 0.5) is 0 Å². The number of hydrogen-bond donors (Lipinski definition) is 0. The van der Waals surface area contributed by atoms with Crippen molar-refractivity contribution in [3.8, 4) is 0 Å². The van der Waals surface area contributed by atoms with Crippen molar-refractivity contribution < 1.29 is 14.3 Å². The van der Waals surface area contributed by atoms with Crippen molar-refractivity contribution in [1.29, 1.82) is 0 Å². The molecule has 0 unspecified atom stereocenters. The standard InChI is InChI=1S/C12H14N2O2/c1-10(14-13)12(15)16-9-5-8-11-6-3-2-4-7-11/h2-4,6-7H,5,8-9H2,1H3. The van der Waals surface area contributed by atoms with Crippen molar-refractivity contribution in [3.63, 3.8) is 0 Å². The molecular formula is C12H14N2O2. The number of carbonyl (C=O) groups excluding carboxylic acids is 1. The summed E-state index contributed by atoms with van der Waals surface area (Å²) in [4.78, 5) is 13.8. The highest BCUT2D eigenvalue weighted by Crippen LogP contribution is 2.02. The first-order valence-electron chi connectivity index (χ1n) is 5.13. The summed E-state index contributed by atoms with van der Waals surface area (Å²) >= 11 is 0. The van der Waals surface area contributed by atoms with Gasteiger partial charge in [0.2, 0.25) is 0 Å². The van der Waals surface area contributed by atoms with Gasteiger partial charge < -0.3 is 10.3 Å². The fourth-order valence-corrected chi connectivity index (χ4v) is 1.23. The molecule has 0 heterocycles. The summed E-state index contributed by atoms with van der Waals surface area (Å²) < 4.78 is 4.89. The molecule has 1 aromatic carbocycles. The second-order valence-corrected chi connectivity index (χ2v) is 3.41. The third-order valence-corrected chi connectivity index (χ3v) is 2.13. The molecule has 1 rings (SSSR count). The van der Waals surface area contributed by atoms with E-state index in [0.717, 1.165) is 12.8 Å². The fourth-order valence-electron chi connectivity index (χ4n) is 1.23. The molecule has 0 fully saturated rings. The van der Waals surface area contributed by atoms with E-state index in [1.54, 1.807) is 0 Å². The van der Waals surface area contributed by atoms with Gasteiger partial charge in [-0.2, -0.15) is 4.79 Å². The molecule has 84 valence electrons. The van der Waals surface area contributed by atoms with E-state index < -0.39 is 5.97 Å². The van der Waals surface area contributed by atoms with Gasteiger partial charge in [-0.05, 0) is 18.4 Å². The highest BCUT2D eigenvalue weighted by molar-refractivity contribution is 6.32. The van der Waals surface area contributed by atoms with Gasteiger partial charge in [-0.15, -0.1) is 0 Å². The number of esters is 1. The summed E-state index contributed by atoms with van der Waals surface area (Å²) in [5.41, 5.74) is 9.51. The number of aryl methyl sites for hydroxylation is 1. The average molecular weight is 218 g/mol. The summed E-state index contributed by atoms with van der Waals surface area (Å²) in [6, 6.07) is 9.98. The zero-order valence-electron chi connectivity index (χ0n) is 9.22. The van der Waals surface area contributed by atoms with Crippen LogP contribution in [-0.2, 0) is 16.0 Å². The highest BCUT2D eigenvalue weighted by atomic mass is 16.5. The van der Waals surface area contributed by atoms with E-state index in [4.69, 9.17) is 10.3 Å². The first-order valence-corrected chi connectivity index (χ1v) is 5.13. The molecule has 0 bridgehead atoms. The van der Waals surface area contributed by atoms with Crippen LogP contribution in [0.2, 0.25) is 0 Å². The van der Waals surface area contributed by atoms with Gasteiger partial charge in [-0.25, -0.2) is 4.79 Å². The zero-order valence-corrected chi connectivity index (χ0v) is 9.22. The number of nitrogens with zero attached hydrogens (tertiary/aromatic N) is 2. The summed E-state index contributed by atoms with van der Waals surface area (Å²) in [6.07, 6.45) is 1.62. The van der Waals surface area contributed by atoms with Gasteiger partial charge in [0.1, 0.15) is 0 Å². The maximum atomic E-state index is 11.1. The molecule has 0 saturated heterocycles. The predicted octanol–water partition coefficient (Wildman–Crippen LogP) is 1.85. The number of benzene rings is 1. The van der Waals surface area contributed by atoms with Gasteiger partial charge in [0.15, 0.2) is 0 Å². The first-order chi connectivity index (χ1) is 7.74. The van der Waals surface area contributed by atoms with E-state index in [0.29, 0.717) is 6.61 Å². The molecule has 4 nitrogen and oxygen atoms in total. The largest absolute Gasteiger partial charge is 0.457 e. The minimum absolute atomic E-state index is 0.0280. The van der Waals surface area contributed by atoms with E-state index in [9.17, 15) is 4.79 Å². The van der Waals surface area contributed by atoms with Crippen molar-refractivity contribution in [2.75, 3.05) is 6.61 Å². The summed E-state index contributed by atoms with van der Waals surface area (Å²) in [6.45, 7) is 1.74. The van der Waals surface area contributed by atoms with Gasteiger partial charge in [0.25, 0.3) is 0 Å². The molecule has 0 spiro atoms. The Morgan fingerprint density at radius 1 is 1.38 bits per heavy atom. The lowest BCUT2D eigenvalue weighted by molar-refractivity contribution is -0.140. The molecule has 0 radical (unpaired) electrons. The van der Waals surface area contributed by atoms with Crippen molar-refractivity contribution in [3.05, 3.63) is 41.4 Å². The van der Waals surface area contributed by atoms with E-state index in [1.807, 2.05) is 30.3 Å². The van der Waals surface area contributed by atoms with Crippen LogP contribution in [0.1, 0.15) is 18.9 Å². The Morgan fingerprint density at radius 2 is 2.06 bits per heavy atom. The van der Waals surface area contributed by atoms with Gasteiger partial charge in [-0.3, -0.25) is 0 Å². The Hall–Kier alpha value is -1.93. The van der Waals surface area contributed by atoms with Crippen LogP contribution < -0.4 is 0 Å². The van der Waals surface area contributed by atoms with Crippen LogP contribution in [0.25, 0.3) is 5.53 Å². The lowest BCUT2D eigenvalue weighted by Gasteiger charge is -2.01. The molecule has 4 heteroatoms. The van der Waals surface area contributed by atoms with Crippen LogP contribution in [0, 0.1) is 0 Å². The van der Waals surface area contributed by atoms with Crippen LogP contribution >= 0.6 is 0 Å². The Balaban J connectivity index is 2.23. The third kappa shape index (κ3) is 4.07. The van der Waals surface area contributed by atoms with E-state index in [1.165, 1.54) is 12.5 Å². The first kappa shape index (κ1) is 12.1. The molecule has 0 atom stereocenters. The highest BCUT2D eigenvalue weighted by Gasteiger charge is 2.14. The molecule has 0 amide bonds. The molecule has 0 N–H and O–H groups in total. The van der Waals surface area contributed by atoms with Crippen molar-refractivity contribution in [1.82, 2.24) is 0 Å². The molecule has 0 aromatic heterocycles. The van der Waals surface area contributed by atoms with Gasteiger partial charge in [0.05, 0.1) is 6.61 Å². The molecular weight excluding hydrogens is 204 g/mol. The van der Waals surface area contributed by atoms with Crippen LogP contribution in [0.15, 0.2) is 30.3 Å².